The first-order valence-corrected chi connectivity index (χ1v) is 11.0. The third-order valence-corrected chi connectivity index (χ3v) is 6.91. The van der Waals surface area contributed by atoms with Crippen molar-refractivity contribution in [2.24, 2.45) is 0 Å². The zero-order valence-electron chi connectivity index (χ0n) is 15.6. The summed E-state index contributed by atoms with van der Waals surface area (Å²) in [7, 11) is -3.61. The van der Waals surface area contributed by atoms with Crippen LogP contribution in [0.5, 0.6) is 0 Å². The van der Waals surface area contributed by atoms with Gasteiger partial charge in [0.05, 0.1) is 11.8 Å². The number of pyridine rings is 1. The highest BCUT2D eigenvalue weighted by atomic mass is 32.2. The molecule has 1 aliphatic rings. The summed E-state index contributed by atoms with van der Waals surface area (Å²) in [5.41, 5.74) is 4.37. The Kier molecular flexibility index (Phi) is 4.21. The molecule has 0 saturated carbocycles. The van der Waals surface area contributed by atoms with E-state index in [0.717, 1.165) is 33.3 Å². The minimum absolute atomic E-state index is 0.0581. The highest BCUT2D eigenvalue weighted by Gasteiger charge is 2.34. The van der Waals surface area contributed by atoms with Crippen molar-refractivity contribution in [3.05, 3.63) is 108 Å². The Bertz CT molecular complexity index is 1310. The second kappa shape index (κ2) is 6.90. The number of benzene rings is 2. The monoisotopic (exact) mass is 401 g/mol. The van der Waals surface area contributed by atoms with Gasteiger partial charge in [-0.2, -0.15) is 0 Å². The van der Waals surface area contributed by atoms with Crippen molar-refractivity contribution in [3.63, 3.8) is 0 Å². The van der Waals surface area contributed by atoms with Crippen LogP contribution in [0.4, 0.5) is 0 Å². The fourth-order valence-corrected chi connectivity index (χ4v) is 5.47. The predicted octanol–water partition coefficient (Wildman–Crippen LogP) is 4.47. The van der Waals surface area contributed by atoms with Gasteiger partial charge in [-0.25, -0.2) is 13.4 Å². The van der Waals surface area contributed by atoms with Gasteiger partial charge in [0.15, 0.2) is 0 Å². The minimum Gasteiger partial charge on any atom is -0.346 e. The first kappa shape index (κ1) is 17.7. The SMILES string of the molecule is O=S(=O)(Cc1ccccc1)N1C=Cc2ccccc2C1c1c[nH]c2ncccc12. The number of nitrogens with one attached hydrogen (secondary N) is 1. The van der Waals surface area contributed by atoms with Crippen LogP contribution in [0.15, 0.2) is 85.3 Å². The van der Waals surface area contributed by atoms with E-state index >= 15 is 0 Å². The molecule has 2 aromatic carbocycles. The summed E-state index contributed by atoms with van der Waals surface area (Å²) < 4.78 is 28.4. The van der Waals surface area contributed by atoms with Gasteiger partial charge in [0.1, 0.15) is 5.65 Å². The second-order valence-electron chi connectivity index (χ2n) is 7.06. The van der Waals surface area contributed by atoms with Crippen LogP contribution in [0.2, 0.25) is 0 Å². The normalized spacial score (nSPS) is 16.1. The van der Waals surface area contributed by atoms with E-state index in [1.165, 1.54) is 4.31 Å². The first-order chi connectivity index (χ1) is 14.1. The Hall–Kier alpha value is -3.38. The maximum atomic E-state index is 13.5. The molecule has 0 radical (unpaired) electrons. The van der Waals surface area contributed by atoms with Crippen molar-refractivity contribution in [2.75, 3.05) is 0 Å². The van der Waals surface area contributed by atoms with Gasteiger partial charge in [-0.15, -0.1) is 0 Å². The second-order valence-corrected chi connectivity index (χ2v) is 8.94. The average Bonchev–Trinajstić information content (AvgIpc) is 3.17. The van der Waals surface area contributed by atoms with E-state index in [9.17, 15) is 8.42 Å². The molecule has 0 bridgehead atoms. The maximum absolute atomic E-state index is 13.5. The molecule has 5 nitrogen and oxygen atoms in total. The average molecular weight is 401 g/mol. The zero-order valence-corrected chi connectivity index (χ0v) is 16.4. The van der Waals surface area contributed by atoms with Gasteiger partial charge in [-0.1, -0.05) is 54.6 Å². The molecule has 6 heteroatoms. The Labute approximate surface area is 169 Å². The van der Waals surface area contributed by atoms with E-state index in [1.54, 1.807) is 12.4 Å². The van der Waals surface area contributed by atoms with Gasteiger partial charge in [0.25, 0.3) is 0 Å². The van der Waals surface area contributed by atoms with Gasteiger partial charge in [-0.3, -0.25) is 4.31 Å². The van der Waals surface area contributed by atoms with Crippen LogP contribution < -0.4 is 0 Å². The summed E-state index contributed by atoms with van der Waals surface area (Å²) in [5, 5.41) is 0.919. The molecular formula is C23H19N3O2S. The van der Waals surface area contributed by atoms with Crippen LogP contribution >= 0.6 is 0 Å². The third-order valence-electron chi connectivity index (χ3n) is 5.24. The molecule has 0 fully saturated rings. The number of hydrogen-bond donors (Lipinski definition) is 1. The Morgan fingerprint density at radius 2 is 1.72 bits per heavy atom. The molecule has 144 valence electrons. The Morgan fingerprint density at radius 3 is 2.59 bits per heavy atom. The lowest BCUT2D eigenvalue weighted by atomic mass is 9.92. The van der Waals surface area contributed by atoms with Gasteiger partial charge in [0.2, 0.25) is 10.0 Å². The number of nitrogens with zero attached hydrogens (tertiary/aromatic N) is 2. The highest BCUT2D eigenvalue weighted by molar-refractivity contribution is 7.88. The summed E-state index contributed by atoms with van der Waals surface area (Å²) in [6.07, 6.45) is 7.13. The number of fused-ring (bicyclic) bond motifs is 2. The van der Waals surface area contributed by atoms with Crippen molar-refractivity contribution in [2.45, 2.75) is 11.8 Å². The maximum Gasteiger partial charge on any atom is 0.239 e. The summed E-state index contributed by atoms with van der Waals surface area (Å²) in [6, 6.07) is 20.6. The number of aromatic nitrogens is 2. The standard InChI is InChI=1S/C23H19N3O2S/c27-29(28,16-17-7-2-1-3-8-17)26-14-12-18-9-4-5-10-19(18)22(26)21-15-25-23-20(21)11-6-13-24-23/h1-15,22H,16H2,(H,24,25). The molecular weight excluding hydrogens is 382 g/mol. The van der Waals surface area contributed by atoms with Gasteiger partial charge in [-0.05, 0) is 34.9 Å². The van der Waals surface area contributed by atoms with Crippen molar-refractivity contribution < 1.29 is 8.42 Å². The lowest BCUT2D eigenvalue weighted by Crippen LogP contribution is -2.34. The summed E-state index contributed by atoms with van der Waals surface area (Å²) in [4.78, 5) is 7.55. The van der Waals surface area contributed by atoms with Crippen LogP contribution in [0.3, 0.4) is 0 Å². The lowest BCUT2D eigenvalue weighted by molar-refractivity contribution is 0.448. The lowest BCUT2D eigenvalue weighted by Gasteiger charge is -2.34. The quantitative estimate of drug-likeness (QED) is 0.549. The number of hydrogen-bond acceptors (Lipinski definition) is 3. The first-order valence-electron chi connectivity index (χ1n) is 9.38. The topological polar surface area (TPSA) is 66.1 Å². The van der Waals surface area contributed by atoms with Crippen molar-refractivity contribution in [1.29, 1.82) is 0 Å². The molecule has 0 amide bonds. The van der Waals surface area contributed by atoms with E-state index in [-0.39, 0.29) is 5.75 Å². The molecule has 29 heavy (non-hydrogen) atoms. The summed E-state index contributed by atoms with van der Waals surface area (Å²) >= 11 is 0. The summed E-state index contributed by atoms with van der Waals surface area (Å²) in [5.74, 6) is -0.0581. The fourth-order valence-electron chi connectivity index (χ4n) is 3.91. The van der Waals surface area contributed by atoms with Gasteiger partial charge < -0.3 is 4.98 Å². The number of sulfonamides is 1. The van der Waals surface area contributed by atoms with Crippen LogP contribution in [0, 0.1) is 0 Å². The molecule has 0 saturated heterocycles. The van der Waals surface area contributed by atoms with Crippen LogP contribution in [0.1, 0.15) is 28.3 Å². The molecule has 1 N–H and O–H groups in total. The third kappa shape index (κ3) is 3.11. The van der Waals surface area contributed by atoms with E-state index in [0.29, 0.717) is 0 Å². The Balaban J connectivity index is 1.66. The van der Waals surface area contributed by atoms with Gasteiger partial charge >= 0.3 is 0 Å². The molecule has 1 atom stereocenters. The molecule has 5 rings (SSSR count). The van der Waals surface area contributed by atoms with E-state index in [4.69, 9.17) is 0 Å². The van der Waals surface area contributed by atoms with Crippen LogP contribution in [0.25, 0.3) is 17.1 Å². The predicted molar refractivity (Wildman–Crippen MR) is 114 cm³/mol. The largest absolute Gasteiger partial charge is 0.346 e. The molecule has 1 aliphatic heterocycles. The van der Waals surface area contributed by atoms with E-state index in [2.05, 4.69) is 9.97 Å². The van der Waals surface area contributed by atoms with E-state index in [1.807, 2.05) is 79.0 Å². The van der Waals surface area contributed by atoms with Crippen molar-refractivity contribution >= 4 is 27.1 Å². The van der Waals surface area contributed by atoms with Crippen molar-refractivity contribution in [3.8, 4) is 0 Å². The van der Waals surface area contributed by atoms with Crippen molar-refractivity contribution in [1.82, 2.24) is 14.3 Å². The molecule has 3 heterocycles. The number of rotatable bonds is 4. The van der Waals surface area contributed by atoms with Gasteiger partial charge in [0, 0.05) is 29.5 Å². The zero-order chi connectivity index (χ0) is 19.8. The molecule has 2 aromatic heterocycles. The molecule has 0 aliphatic carbocycles. The van der Waals surface area contributed by atoms with Crippen LogP contribution in [-0.4, -0.2) is 22.7 Å². The molecule has 1 unspecified atom stereocenters. The highest BCUT2D eigenvalue weighted by Crippen LogP contribution is 2.40. The Morgan fingerprint density at radius 1 is 0.931 bits per heavy atom. The van der Waals surface area contributed by atoms with Crippen LogP contribution in [-0.2, 0) is 15.8 Å². The number of H-pyrrole nitrogens is 1. The fraction of sp³-hybridized carbons (Fsp3) is 0.0870. The molecule has 4 aromatic rings. The van der Waals surface area contributed by atoms with E-state index < -0.39 is 16.1 Å². The molecule has 0 spiro atoms. The minimum atomic E-state index is -3.61. The smallest absolute Gasteiger partial charge is 0.239 e. The summed E-state index contributed by atoms with van der Waals surface area (Å²) in [6.45, 7) is 0. The number of aromatic amines is 1.